The summed E-state index contributed by atoms with van der Waals surface area (Å²) >= 11 is 0. The van der Waals surface area contributed by atoms with Crippen LogP contribution >= 0.6 is 0 Å². The highest BCUT2D eigenvalue weighted by molar-refractivity contribution is 6.05. The number of esters is 1. The third-order valence-electron chi connectivity index (χ3n) is 5.21. The topological polar surface area (TPSA) is 112 Å². The molecule has 4 aromatic rings. The van der Waals surface area contributed by atoms with Crippen LogP contribution in [0.1, 0.15) is 26.3 Å². The SMILES string of the molecule is COc1ccccc1NC(=O)c1ccc(NC(=O)COC(=O)c2ccc(Cn3cccn3)cc2)cc1. The van der Waals surface area contributed by atoms with Gasteiger partial charge in [-0.05, 0) is 60.2 Å². The molecule has 0 fully saturated rings. The monoisotopic (exact) mass is 484 g/mol. The number of methoxy groups -OCH3 is 1. The number of nitrogens with zero attached hydrogens (tertiary/aromatic N) is 2. The Balaban J connectivity index is 1.25. The molecule has 9 nitrogen and oxygen atoms in total. The maximum absolute atomic E-state index is 12.5. The van der Waals surface area contributed by atoms with Crippen molar-refractivity contribution in [1.82, 2.24) is 9.78 Å². The minimum atomic E-state index is -0.598. The molecule has 0 atom stereocenters. The van der Waals surface area contributed by atoms with Gasteiger partial charge < -0.3 is 20.1 Å². The largest absolute Gasteiger partial charge is 0.495 e. The van der Waals surface area contributed by atoms with E-state index in [1.54, 1.807) is 65.5 Å². The minimum Gasteiger partial charge on any atom is -0.495 e. The van der Waals surface area contributed by atoms with Crippen molar-refractivity contribution in [2.75, 3.05) is 24.4 Å². The first-order chi connectivity index (χ1) is 17.5. The van der Waals surface area contributed by atoms with E-state index in [1.165, 1.54) is 7.11 Å². The second kappa shape index (κ2) is 11.5. The number of hydrogen-bond donors (Lipinski definition) is 2. The summed E-state index contributed by atoms with van der Waals surface area (Å²) < 4.78 is 12.1. The molecule has 1 heterocycles. The summed E-state index contributed by atoms with van der Waals surface area (Å²) in [4.78, 5) is 37.0. The van der Waals surface area contributed by atoms with Crippen molar-refractivity contribution in [3.05, 3.63) is 108 Å². The highest BCUT2D eigenvalue weighted by Crippen LogP contribution is 2.24. The van der Waals surface area contributed by atoms with E-state index in [9.17, 15) is 14.4 Å². The van der Waals surface area contributed by atoms with Gasteiger partial charge in [0.15, 0.2) is 6.61 Å². The molecular formula is C27H24N4O5. The lowest BCUT2D eigenvalue weighted by molar-refractivity contribution is -0.119. The molecule has 0 saturated carbocycles. The average Bonchev–Trinajstić information content (AvgIpc) is 3.41. The first-order valence-electron chi connectivity index (χ1n) is 11.1. The first-order valence-corrected chi connectivity index (χ1v) is 11.1. The van der Waals surface area contributed by atoms with Gasteiger partial charge in [0.25, 0.3) is 11.8 Å². The summed E-state index contributed by atoms with van der Waals surface area (Å²) in [6, 6.07) is 22.2. The minimum absolute atomic E-state index is 0.318. The van der Waals surface area contributed by atoms with Crippen LogP contribution in [0.15, 0.2) is 91.3 Å². The van der Waals surface area contributed by atoms with Crippen LogP contribution in [0.2, 0.25) is 0 Å². The van der Waals surface area contributed by atoms with E-state index in [2.05, 4.69) is 15.7 Å². The highest BCUT2D eigenvalue weighted by Gasteiger charge is 2.12. The molecule has 9 heteroatoms. The normalized spacial score (nSPS) is 10.4. The van der Waals surface area contributed by atoms with Gasteiger partial charge in [-0.2, -0.15) is 5.10 Å². The van der Waals surface area contributed by atoms with Crippen LogP contribution in [0.3, 0.4) is 0 Å². The molecular weight excluding hydrogens is 460 g/mol. The molecule has 4 rings (SSSR count). The number of aromatic nitrogens is 2. The number of nitrogens with one attached hydrogen (secondary N) is 2. The van der Waals surface area contributed by atoms with Gasteiger partial charge in [0, 0.05) is 23.6 Å². The van der Waals surface area contributed by atoms with E-state index in [1.807, 2.05) is 30.5 Å². The molecule has 2 N–H and O–H groups in total. The van der Waals surface area contributed by atoms with Gasteiger partial charge in [-0.15, -0.1) is 0 Å². The van der Waals surface area contributed by atoms with Crippen LogP contribution in [-0.4, -0.2) is 41.3 Å². The molecule has 36 heavy (non-hydrogen) atoms. The molecule has 0 aliphatic rings. The number of carbonyl (C=O) groups excluding carboxylic acids is 3. The Morgan fingerprint density at radius 1 is 0.861 bits per heavy atom. The molecule has 1 aromatic heterocycles. The molecule has 0 saturated heterocycles. The van der Waals surface area contributed by atoms with Crippen LogP contribution < -0.4 is 15.4 Å². The number of amides is 2. The molecule has 0 spiro atoms. The zero-order valence-electron chi connectivity index (χ0n) is 19.5. The fourth-order valence-corrected chi connectivity index (χ4v) is 3.39. The lowest BCUT2D eigenvalue weighted by atomic mass is 10.1. The van der Waals surface area contributed by atoms with Crippen molar-refractivity contribution < 1.29 is 23.9 Å². The van der Waals surface area contributed by atoms with E-state index in [0.29, 0.717) is 34.8 Å². The average molecular weight is 485 g/mol. The van der Waals surface area contributed by atoms with Crippen molar-refractivity contribution in [2.45, 2.75) is 6.54 Å². The Labute approximate surface area is 207 Å². The van der Waals surface area contributed by atoms with Crippen LogP contribution in [0.5, 0.6) is 5.75 Å². The maximum Gasteiger partial charge on any atom is 0.338 e. The van der Waals surface area contributed by atoms with E-state index < -0.39 is 18.5 Å². The predicted molar refractivity (Wildman–Crippen MR) is 134 cm³/mol. The number of rotatable bonds is 9. The van der Waals surface area contributed by atoms with Crippen LogP contribution in [-0.2, 0) is 16.1 Å². The summed E-state index contributed by atoms with van der Waals surface area (Å²) in [7, 11) is 1.53. The number of ether oxygens (including phenoxy) is 2. The van der Waals surface area contributed by atoms with Crippen molar-refractivity contribution in [1.29, 1.82) is 0 Å². The summed E-state index contributed by atoms with van der Waals surface area (Å²) in [5, 5.41) is 9.57. The van der Waals surface area contributed by atoms with Gasteiger partial charge >= 0.3 is 5.97 Å². The maximum atomic E-state index is 12.5. The van der Waals surface area contributed by atoms with E-state index in [4.69, 9.17) is 9.47 Å². The molecule has 0 radical (unpaired) electrons. The molecule has 2 amide bonds. The molecule has 182 valence electrons. The third kappa shape index (κ3) is 6.35. The smallest absolute Gasteiger partial charge is 0.338 e. The van der Waals surface area contributed by atoms with Crippen LogP contribution in [0.4, 0.5) is 11.4 Å². The van der Waals surface area contributed by atoms with Gasteiger partial charge in [0.2, 0.25) is 0 Å². The van der Waals surface area contributed by atoms with Crippen molar-refractivity contribution in [2.24, 2.45) is 0 Å². The lowest BCUT2D eigenvalue weighted by Gasteiger charge is -2.10. The fraction of sp³-hybridized carbons (Fsp3) is 0.111. The Morgan fingerprint density at radius 2 is 1.58 bits per heavy atom. The van der Waals surface area contributed by atoms with Crippen molar-refractivity contribution in [3.63, 3.8) is 0 Å². The van der Waals surface area contributed by atoms with Gasteiger partial charge in [0.1, 0.15) is 5.75 Å². The fourth-order valence-electron chi connectivity index (χ4n) is 3.39. The third-order valence-corrected chi connectivity index (χ3v) is 5.21. The molecule has 0 aliphatic heterocycles. The predicted octanol–water partition coefficient (Wildman–Crippen LogP) is 3.99. The van der Waals surface area contributed by atoms with E-state index in [0.717, 1.165) is 5.56 Å². The standard InChI is InChI=1S/C27H24N4O5/c1-35-24-6-3-2-5-23(24)30-26(33)20-11-13-22(14-12-20)29-25(32)18-36-27(34)21-9-7-19(8-10-21)17-31-16-4-15-28-31/h2-16H,17-18H2,1H3,(H,29,32)(H,30,33). The lowest BCUT2D eigenvalue weighted by Crippen LogP contribution is -2.21. The van der Waals surface area contributed by atoms with Crippen LogP contribution in [0, 0.1) is 0 Å². The number of para-hydroxylation sites is 2. The second-order valence-corrected chi connectivity index (χ2v) is 7.76. The Hall–Kier alpha value is -4.92. The Bertz CT molecular complexity index is 1330. The van der Waals surface area contributed by atoms with E-state index in [-0.39, 0.29) is 5.91 Å². The van der Waals surface area contributed by atoms with Crippen molar-refractivity contribution in [3.8, 4) is 5.75 Å². The van der Waals surface area contributed by atoms with E-state index >= 15 is 0 Å². The second-order valence-electron chi connectivity index (χ2n) is 7.76. The number of benzene rings is 3. The quantitative estimate of drug-likeness (QED) is 0.348. The van der Waals surface area contributed by atoms with Crippen LogP contribution in [0.25, 0.3) is 0 Å². The summed E-state index contributed by atoms with van der Waals surface area (Å²) in [6.45, 7) is 0.148. The first kappa shape index (κ1) is 24.2. The van der Waals surface area contributed by atoms with Gasteiger partial charge in [0.05, 0.1) is 24.9 Å². The summed E-state index contributed by atoms with van der Waals surface area (Å²) in [5.41, 5.74) is 2.75. The number of carbonyl (C=O) groups is 3. The Kier molecular flexibility index (Phi) is 7.72. The highest BCUT2D eigenvalue weighted by atomic mass is 16.5. The summed E-state index contributed by atoms with van der Waals surface area (Å²) in [5.74, 6) is -0.861. The molecule has 0 unspecified atom stereocenters. The zero-order chi connectivity index (χ0) is 25.3. The van der Waals surface area contributed by atoms with Gasteiger partial charge in [-0.3, -0.25) is 14.3 Å². The summed E-state index contributed by atoms with van der Waals surface area (Å²) in [6.07, 6.45) is 3.55. The molecule has 0 aliphatic carbocycles. The number of anilines is 2. The van der Waals surface area contributed by atoms with Gasteiger partial charge in [-0.25, -0.2) is 4.79 Å². The van der Waals surface area contributed by atoms with Gasteiger partial charge in [-0.1, -0.05) is 24.3 Å². The molecule has 3 aromatic carbocycles. The number of hydrogen-bond acceptors (Lipinski definition) is 6. The Morgan fingerprint density at radius 3 is 2.28 bits per heavy atom. The zero-order valence-corrected chi connectivity index (χ0v) is 19.5. The van der Waals surface area contributed by atoms with Crippen molar-refractivity contribution >= 4 is 29.2 Å². The molecule has 0 bridgehead atoms.